The molecule has 0 radical (unpaired) electrons. The average Bonchev–Trinajstić information content (AvgIpc) is 2.75. The number of nitrogens with one attached hydrogen (secondary N) is 1. The highest BCUT2D eigenvalue weighted by Gasteiger charge is 2.12. The summed E-state index contributed by atoms with van der Waals surface area (Å²) in [5, 5.41) is 3.60. The van der Waals surface area contributed by atoms with Crippen molar-refractivity contribution >= 4 is 22.8 Å². The minimum absolute atomic E-state index is 0.0432. The number of hydrogen-bond acceptors (Lipinski definition) is 6. The molecule has 0 aliphatic heterocycles. The van der Waals surface area contributed by atoms with Crippen LogP contribution in [0.15, 0.2) is 63.8 Å². The van der Waals surface area contributed by atoms with Crippen molar-refractivity contribution in [2.75, 3.05) is 13.2 Å². The van der Waals surface area contributed by atoms with E-state index in [1.807, 2.05) is 44.2 Å². The number of benzene rings is 2. The number of amides is 1. The van der Waals surface area contributed by atoms with Crippen LogP contribution in [-0.4, -0.2) is 31.1 Å². The highest BCUT2D eigenvalue weighted by molar-refractivity contribution is 5.82. The maximum absolute atomic E-state index is 12.0. The molecule has 7 nitrogen and oxygen atoms in total. The van der Waals surface area contributed by atoms with Crippen LogP contribution in [0.25, 0.3) is 11.0 Å². The van der Waals surface area contributed by atoms with Crippen molar-refractivity contribution in [2.24, 2.45) is 0 Å². The first kappa shape index (κ1) is 22.1. The van der Waals surface area contributed by atoms with E-state index in [-0.39, 0.29) is 25.2 Å². The van der Waals surface area contributed by atoms with E-state index in [9.17, 15) is 14.4 Å². The van der Waals surface area contributed by atoms with Crippen molar-refractivity contribution in [3.8, 4) is 5.75 Å². The Morgan fingerprint density at radius 2 is 1.84 bits per heavy atom. The van der Waals surface area contributed by atoms with Gasteiger partial charge in [-0.1, -0.05) is 30.3 Å². The van der Waals surface area contributed by atoms with Crippen molar-refractivity contribution in [2.45, 2.75) is 32.7 Å². The van der Waals surface area contributed by atoms with Crippen molar-refractivity contribution in [3.63, 3.8) is 0 Å². The van der Waals surface area contributed by atoms with E-state index in [2.05, 4.69) is 5.32 Å². The van der Waals surface area contributed by atoms with Crippen LogP contribution in [0.1, 0.15) is 24.5 Å². The van der Waals surface area contributed by atoms with Gasteiger partial charge >= 0.3 is 11.6 Å². The number of carbonyl (C=O) groups excluding carboxylic acids is 2. The van der Waals surface area contributed by atoms with E-state index >= 15 is 0 Å². The topological polar surface area (TPSA) is 94.8 Å². The number of hydrogen-bond donors (Lipinski definition) is 1. The van der Waals surface area contributed by atoms with Crippen molar-refractivity contribution in [1.82, 2.24) is 5.32 Å². The molecule has 1 aromatic heterocycles. The van der Waals surface area contributed by atoms with Crippen LogP contribution in [0.5, 0.6) is 5.75 Å². The monoisotopic (exact) mass is 423 g/mol. The quantitative estimate of drug-likeness (QED) is 0.420. The zero-order valence-corrected chi connectivity index (χ0v) is 17.6. The molecule has 2 aromatic carbocycles. The zero-order chi connectivity index (χ0) is 22.2. The van der Waals surface area contributed by atoms with E-state index in [1.165, 1.54) is 17.7 Å². The van der Waals surface area contributed by atoms with E-state index < -0.39 is 11.6 Å². The van der Waals surface area contributed by atoms with Crippen molar-refractivity contribution < 1.29 is 23.5 Å². The molecule has 3 aromatic rings. The molecule has 0 saturated heterocycles. The summed E-state index contributed by atoms with van der Waals surface area (Å²) in [6, 6.07) is 16.3. The van der Waals surface area contributed by atoms with Gasteiger partial charge in [0.25, 0.3) is 5.91 Å². The molecule has 1 amide bonds. The Hall–Kier alpha value is -3.61. The Kier molecular flexibility index (Phi) is 7.43. The standard InChI is InChI=1S/C24H25NO6/c1-16-12-23(27)31-21-13-19(10-11-20(16)21)29-15-24(28)30-14-22(26)25-17(2)8-9-18-6-4-3-5-7-18/h3-7,10-13,17H,8-9,14-15H2,1-2H3,(H,25,26)/t17-/m0/s1. The van der Waals surface area contributed by atoms with E-state index in [1.54, 1.807) is 12.1 Å². The first-order valence-electron chi connectivity index (χ1n) is 10.1. The summed E-state index contributed by atoms with van der Waals surface area (Å²) in [5.74, 6) is -0.674. The van der Waals surface area contributed by atoms with Crippen molar-refractivity contribution in [1.29, 1.82) is 0 Å². The lowest BCUT2D eigenvalue weighted by Gasteiger charge is -2.14. The molecule has 0 bridgehead atoms. The summed E-state index contributed by atoms with van der Waals surface area (Å²) >= 11 is 0. The van der Waals surface area contributed by atoms with Gasteiger partial charge in [-0.25, -0.2) is 9.59 Å². The predicted molar refractivity (Wildman–Crippen MR) is 116 cm³/mol. The second-order valence-corrected chi connectivity index (χ2v) is 7.35. The molecule has 0 unspecified atom stereocenters. The Morgan fingerprint density at radius 1 is 1.06 bits per heavy atom. The van der Waals surface area contributed by atoms with Gasteiger partial charge in [0, 0.05) is 23.6 Å². The highest BCUT2D eigenvalue weighted by atomic mass is 16.6. The number of fused-ring (bicyclic) bond motifs is 1. The molecule has 0 spiro atoms. The van der Waals surface area contributed by atoms with Crippen molar-refractivity contribution in [3.05, 3.63) is 76.1 Å². The number of ether oxygens (including phenoxy) is 2. The highest BCUT2D eigenvalue weighted by Crippen LogP contribution is 2.22. The van der Waals surface area contributed by atoms with Crippen LogP contribution < -0.4 is 15.7 Å². The molecule has 31 heavy (non-hydrogen) atoms. The molecular weight excluding hydrogens is 398 g/mol. The maximum Gasteiger partial charge on any atom is 0.344 e. The van der Waals surface area contributed by atoms with Gasteiger partial charge in [-0.05, 0) is 49.9 Å². The minimum atomic E-state index is -0.669. The van der Waals surface area contributed by atoms with Crippen LogP contribution in [0.4, 0.5) is 0 Å². The maximum atomic E-state index is 12.0. The van der Waals surface area contributed by atoms with E-state index in [4.69, 9.17) is 13.9 Å². The average molecular weight is 423 g/mol. The van der Waals surface area contributed by atoms with Gasteiger partial charge in [-0.3, -0.25) is 4.79 Å². The Bertz CT molecular complexity index is 1110. The summed E-state index contributed by atoms with van der Waals surface area (Å²) in [6.45, 7) is 2.98. The number of aryl methyl sites for hydroxylation is 2. The second-order valence-electron chi connectivity index (χ2n) is 7.35. The molecule has 162 valence electrons. The van der Waals surface area contributed by atoms with Gasteiger partial charge in [-0.2, -0.15) is 0 Å². The lowest BCUT2D eigenvalue weighted by Crippen LogP contribution is -2.36. The lowest BCUT2D eigenvalue weighted by molar-refractivity contribution is -0.150. The van der Waals surface area contributed by atoms with Gasteiger partial charge in [0.05, 0.1) is 0 Å². The fourth-order valence-electron chi connectivity index (χ4n) is 3.14. The van der Waals surface area contributed by atoms with Crippen LogP contribution in [0.2, 0.25) is 0 Å². The predicted octanol–water partition coefficient (Wildman–Crippen LogP) is 3.16. The Balaban J connectivity index is 1.40. The molecule has 1 atom stereocenters. The number of rotatable bonds is 9. The van der Waals surface area contributed by atoms with Gasteiger partial charge in [0.15, 0.2) is 13.2 Å². The van der Waals surface area contributed by atoms with Gasteiger partial charge in [-0.15, -0.1) is 0 Å². The fraction of sp³-hybridized carbons (Fsp3) is 0.292. The first-order valence-corrected chi connectivity index (χ1v) is 10.1. The molecule has 1 N–H and O–H groups in total. The minimum Gasteiger partial charge on any atom is -0.482 e. The molecule has 0 saturated carbocycles. The van der Waals surface area contributed by atoms with Crippen LogP contribution in [0, 0.1) is 6.92 Å². The molecule has 0 aliphatic rings. The molecule has 3 rings (SSSR count). The molecule has 0 fully saturated rings. The SMILES string of the molecule is Cc1cc(=O)oc2cc(OCC(=O)OCC(=O)N[C@@H](C)CCc3ccccc3)ccc12. The Morgan fingerprint density at radius 3 is 2.61 bits per heavy atom. The lowest BCUT2D eigenvalue weighted by atomic mass is 10.1. The molecular formula is C24H25NO6. The van der Waals surface area contributed by atoms with Gasteiger partial charge in [0.1, 0.15) is 11.3 Å². The van der Waals surface area contributed by atoms with Crippen LogP contribution >= 0.6 is 0 Å². The largest absolute Gasteiger partial charge is 0.482 e. The normalized spacial score (nSPS) is 11.7. The molecule has 7 heteroatoms. The van der Waals surface area contributed by atoms with Gasteiger partial charge < -0.3 is 19.2 Å². The molecule has 1 heterocycles. The summed E-state index contributed by atoms with van der Waals surface area (Å²) in [4.78, 5) is 35.4. The number of esters is 1. The third kappa shape index (κ3) is 6.70. The fourth-order valence-corrected chi connectivity index (χ4v) is 3.14. The second kappa shape index (κ2) is 10.4. The third-order valence-electron chi connectivity index (χ3n) is 4.76. The smallest absolute Gasteiger partial charge is 0.344 e. The molecule has 0 aliphatic carbocycles. The van der Waals surface area contributed by atoms with Crippen LogP contribution in [-0.2, 0) is 20.7 Å². The first-order chi connectivity index (χ1) is 14.9. The van der Waals surface area contributed by atoms with E-state index in [0.29, 0.717) is 11.3 Å². The van der Waals surface area contributed by atoms with E-state index in [0.717, 1.165) is 23.8 Å². The summed E-state index contributed by atoms with van der Waals surface area (Å²) in [7, 11) is 0. The van der Waals surface area contributed by atoms with Crippen LogP contribution in [0.3, 0.4) is 0 Å². The van der Waals surface area contributed by atoms with Gasteiger partial charge in [0.2, 0.25) is 0 Å². The Labute approximate surface area is 180 Å². The zero-order valence-electron chi connectivity index (χ0n) is 17.6. The third-order valence-corrected chi connectivity index (χ3v) is 4.76. The summed E-state index contributed by atoms with van der Waals surface area (Å²) in [6.07, 6.45) is 1.63. The number of carbonyl (C=O) groups is 2. The summed E-state index contributed by atoms with van der Waals surface area (Å²) in [5.41, 5.74) is 1.92. The summed E-state index contributed by atoms with van der Waals surface area (Å²) < 4.78 is 15.5.